The van der Waals surface area contributed by atoms with E-state index in [-0.39, 0.29) is 11.5 Å². The summed E-state index contributed by atoms with van der Waals surface area (Å²) in [6.07, 6.45) is 8.02. The first-order valence-corrected chi connectivity index (χ1v) is 7.41. The molecule has 1 aliphatic rings. The second-order valence-electron chi connectivity index (χ2n) is 5.63. The lowest BCUT2D eigenvalue weighted by molar-refractivity contribution is -0.129. The van der Waals surface area contributed by atoms with Crippen LogP contribution in [0.5, 0.6) is 0 Å². The molecule has 2 aromatic rings. The van der Waals surface area contributed by atoms with Gasteiger partial charge in [0.15, 0.2) is 5.82 Å². The van der Waals surface area contributed by atoms with Crippen LogP contribution in [0.2, 0.25) is 0 Å². The highest BCUT2D eigenvalue weighted by atomic mass is 16.5. The lowest BCUT2D eigenvalue weighted by atomic mass is 9.77. The van der Waals surface area contributed by atoms with Crippen LogP contribution in [0.25, 0.3) is 5.82 Å². The van der Waals surface area contributed by atoms with Gasteiger partial charge in [0.25, 0.3) is 0 Å². The van der Waals surface area contributed by atoms with E-state index in [1.54, 1.807) is 31.6 Å². The molecule has 23 heavy (non-hydrogen) atoms. The molecule has 1 aliphatic carbocycles. The minimum absolute atomic E-state index is 0.104. The fourth-order valence-corrected chi connectivity index (χ4v) is 2.69. The molecular formula is C16H17N5O2. The zero-order valence-corrected chi connectivity index (χ0v) is 12.8. The van der Waals surface area contributed by atoms with Gasteiger partial charge in [-0.05, 0) is 31.4 Å². The molecule has 0 radical (unpaired) electrons. The van der Waals surface area contributed by atoms with Crippen LogP contribution in [0, 0.1) is 11.3 Å². The van der Waals surface area contributed by atoms with Gasteiger partial charge in [-0.1, -0.05) is 0 Å². The minimum atomic E-state index is -0.310. The zero-order valence-electron chi connectivity index (χ0n) is 12.8. The molecule has 7 nitrogen and oxygen atoms in total. The van der Waals surface area contributed by atoms with Crippen LogP contribution in [0.3, 0.4) is 0 Å². The van der Waals surface area contributed by atoms with E-state index in [2.05, 4.69) is 21.5 Å². The fraction of sp³-hybridized carbons (Fsp3) is 0.375. The summed E-state index contributed by atoms with van der Waals surface area (Å²) in [6.45, 7) is 0. The summed E-state index contributed by atoms with van der Waals surface area (Å²) < 4.78 is 6.94. The van der Waals surface area contributed by atoms with Crippen molar-refractivity contribution in [2.45, 2.75) is 31.3 Å². The summed E-state index contributed by atoms with van der Waals surface area (Å²) in [4.78, 5) is 16.3. The number of carbonyl (C=O) groups excluding carboxylic acids is 1. The van der Waals surface area contributed by atoms with E-state index in [1.807, 2.05) is 0 Å². The predicted octanol–water partition coefficient (Wildman–Crippen LogP) is 2.04. The van der Waals surface area contributed by atoms with Gasteiger partial charge in [-0.3, -0.25) is 4.79 Å². The molecule has 3 rings (SSSR count). The Bertz CT molecular complexity index is 752. The number of anilines is 1. The van der Waals surface area contributed by atoms with Crippen molar-refractivity contribution in [3.05, 3.63) is 36.3 Å². The molecule has 0 unspecified atom stereocenters. The van der Waals surface area contributed by atoms with Crippen molar-refractivity contribution in [1.82, 2.24) is 14.8 Å². The largest absolute Gasteiger partial charge is 0.378 e. The summed E-state index contributed by atoms with van der Waals surface area (Å²) in [5, 5.41) is 16.1. The Morgan fingerprint density at radius 1 is 1.57 bits per heavy atom. The van der Waals surface area contributed by atoms with Gasteiger partial charge in [0.05, 0.1) is 35.7 Å². The summed E-state index contributed by atoms with van der Waals surface area (Å²) in [5.74, 6) is 0.329. The monoisotopic (exact) mass is 311 g/mol. The maximum Gasteiger partial charge on any atom is 0.227 e. The standard InChI is InChI=1S/C16H17N5O2/c1-23-16(5-3-6-16)8-14(22)20-13-10-19-21(11-13)15-12(9-17)4-2-7-18-15/h2,4,7,10-11H,3,5-6,8H2,1H3,(H,20,22). The average Bonchev–Trinajstić information content (AvgIpc) is 2.99. The highest BCUT2D eigenvalue weighted by molar-refractivity contribution is 5.91. The number of nitrogens with one attached hydrogen (secondary N) is 1. The zero-order chi connectivity index (χ0) is 16.3. The number of amides is 1. The van der Waals surface area contributed by atoms with E-state index in [0.29, 0.717) is 23.5 Å². The normalized spacial score (nSPS) is 15.5. The molecule has 1 fully saturated rings. The van der Waals surface area contributed by atoms with E-state index in [1.165, 1.54) is 10.9 Å². The second-order valence-corrected chi connectivity index (χ2v) is 5.63. The lowest BCUT2D eigenvalue weighted by Gasteiger charge is -2.39. The van der Waals surface area contributed by atoms with E-state index < -0.39 is 0 Å². The van der Waals surface area contributed by atoms with Crippen LogP contribution in [0.1, 0.15) is 31.2 Å². The first kappa shape index (κ1) is 15.2. The number of hydrogen-bond acceptors (Lipinski definition) is 5. The smallest absolute Gasteiger partial charge is 0.227 e. The van der Waals surface area contributed by atoms with Gasteiger partial charge in [-0.15, -0.1) is 0 Å². The number of pyridine rings is 1. The quantitative estimate of drug-likeness (QED) is 0.912. The van der Waals surface area contributed by atoms with E-state index in [9.17, 15) is 4.79 Å². The third-order valence-electron chi connectivity index (χ3n) is 4.17. The summed E-state index contributed by atoms with van der Waals surface area (Å²) >= 11 is 0. The third kappa shape index (κ3) is 3.07. The molecule has 0 bridgehead atoms. The van der Waals surface area contributed by atoms with Crippen molar-refractivity contribution in [2.75, 3.05) is 12.4 Å². The van der Waals surface area contributed by atoms with Crippen molar-refractivity contribution in [3.63, 3.8) is 0 Å². The summed E-state index contributed by atoms with van der Waals surface area (Å²) in [5.41, 5.74) is 0.672. The molecule has 2 aromatic heterocycles. The molecule has 0 spiro atoms. The molecule has 118 valence electrons. The molecule has 1 saturated carbocycles. The number of nitriles is 1. The van der Waals surface area contributed by atoms with Gasteiger partial charge in [0.2, 0.25) is 5.91 Å². The molecule has 1 amide bonds. The maximum atomic E-state index is 12.2. The number of aromatic nitrogens is 3. The highest BCUT2D eigenvalue weighted by Gasteiger charge is 2.39. The number of rotatable bonds is 5. The van der Waals surface area contributed by atoms with Crippen LogP contribution >= 0.6 is 0 Å². The van der Waals surface area contributed by atoms with Crippen LogP contribution < -0.4 is 5.32 Å². The van der Waals surface area contributed by atoms with Crippen molar-refractivity contribution < 1.29 is 9.53 Å². The molecule has 2 heterocycles. The molecular weight excluding hydrogens is 294 g/mol. The van der Waals surface area contributed by atoms with Crippen molar-refractivity contribution in [2.24, 2.45) is 0 Å². The molecule has 1 N–H and O–H groups in total. The van der Waals surface area contributed by atoms with Crippen LogP contribution in [-0.4, -0.2) is 33.4 Å². The highest BCUT2D eigenvalue weighted by Crippen LogP contribution is 2.38. The summed E-state index contributed by atoms with van der Waals surface area (Å²) in [6, 6.07) is 5.43. The molecule has 0 atom stereocenters. The van der Waals surface area contributed by atoms with Gasteiger partial charge < -0.3 is 10.1 Å². The Morgan fingerprint density at radius 2 is 2.39 bits per heavy atom. The Morgan fingerprint density at radius 3 is 3.04 bits per heavy atom. The van der Waals surface area contributed by atoms with E-state index >= 15 is 0 Å². The topological polar surface area (TPSA) is 92.8 Å². The van der Waals surface area contributed by atoms with Gasteiger partial charge in [-0.25, -0.2) is 9.67 Å². The molecule has 0 aliphatic heterocycles. The Kier molecular flexibility index (Phi) is 4.08. The van der Waals surface area contributed by atoms with Crippen LogP contribution in [0.4, 0.5) is 5.69 Å². The van der Waals surface area contributed by atoms with Crippen molar-refractivity contribution in [3.8, 4) is 11.9 Å². The first-order chi connectivity index (χ1) is 11.2. The van der Waals surface area contributed by atoms with E-state index in [4.69, 9.17) is 10.00 Å². The maximum absolute atomic E-state index is 12.2. The Hall–Kier alpha value is -2.72. The predicted molar refractivity (Wildman–Crippen MR) is 82.9 cm³/mol. The first-order valence-electron chi connectivity index (χ1n) is 7.41. The second kappa shape index (κ2) is 6.18. The molecule has 7 heteroatoms. The number of ether oxygens (including phenoxy) is 1. The number of nitrogens with zero attached hydrogens (tertiary/aromatic N) is 4. The number of carbonyl (C=O) groups is 1. The SMILES string of the molecule is COC1(CC(=O)Nc2cnn(-c3ncccc3C#N)c2)CCC1. The number of methoxy groups -OCH3 is 1. The minimum Gasteiger partial charge on any atom is -0.378 e. The van der Waals surface area contributed by atoms with Gasteiger partial charge in [0, 0.05) is 13.3 Å². The van der Waals surface area contributed by atoms with Gasteiger partial charge in [-0.2, -0.15) is 10.4 Å². The average molecular weight is 311 g/mol. The van der Waals surface area contributed by atoms with E-state index in [0.717, 1.165) is 19.3 Å². The van der Waals surface area contributed by atoms with Gasteiger partial charge in [0.1, 0.15) is 6.07 Å². The fourth-order valence-electron chi connectivity index (χ4n) is 2.69. The van der Waals surface area contributed by atoms with Gasteiger partial charge >= 0.3 is 0 Å². The number of hydrogen-bond donors (Lipinski definition) is 1. The lowest BCUT2D eigenvalue weighted by Crippen LogP contribution is -2.42. The van der Waals surface area contributed by atoms with Crippen LogP contribution in [0.15, 0.2) is 30.7 Å². The van der Waals surface area contributed by atoms with Crippen LogP contribution in [-0.2, 0) is 9.53 Å². The van der Waals surface area contributed by atoms with Crippen molar-refractivity contribution in [1.29, 1.82) is 5.26 Å². The Balaban J connectivity index is 1.70. The molecule has 0 saturated heterocycles. The summed E-state index contributed by atoms with van der Waals surface area (Å²) in [7, 11) is 1.65. The van der Waals surface area contributed by atoms with Crippen molar-refractivity contribution >= 4 is 11.6 Å². The third-order valence-corrected chi connectivity index (χ3v) is 4.17. The molecule has 0 aromatic carbocycles. The Labute approximate surface area is 133 Å².